The molecule has 2 rings (SSSR count). The van der Waals surface area contributed by atoms with Crippen LogP contribution in [-0.2, 0) is 6.54 Å². The van der Waals surface area contributed by atoms with E-state index in [0.717, 1.165) is 6.54 Å². The average molecular weight is 201 g/mol. The molecular weight excluding hydrogens is 186 g/mol. The van der Waals surface area contributed by atoms with Crippen molar-refractivity contribution < 1.29 is 0 Å². The summed E-state index contributed by atoms with van der Waals surface area (Å²) in [5.74, 6) is 0. The van der Waals surface area contributed by atoms with Crippen molar-refractivity contribution in [3.05, 3.63) is 47.3 Å². The highest BCUT2D eigenvalue weighted by Gasteiger charge is 2.03. The first-order chi connectivity index (χ1) is 7.16. The van der Waals surface area contributed by atoms with E-state index in [-0.39, 0.29) is 0 Å². The molecule has 0 saturated carbocycles. The first-order valence-electron chi connectivity index (χ1n) is 5.00. The second-order valence-corrected chi connectivity index (χ2v) is 3.84. The Morgan fingerprint density at radius 3 is 2.47 bits per heavy atom. The van der Waals surface area contributed by atoms with E-state index in [1.54, 1.807) is 6.20 Å². The molecule has 0 atom stereocenters. The van der Waals surface area contributed by atoms with Gasteiger partial charge in [-0.05, 0) is 30.5 Å². The molecule has 0 aliphatic heterocycles. The van der Waals surface area contributed by atoms with E-state index >= 15 is 0 Å². The molecule has 0 bridgehead atoms. The quantitative estimate of drug-likeness (QED) is 0.808. The summed E-state index contributed by atoms with van der Waals surface area (Å²) in [6.07, 6.45) is 3.53. The Bertz CT molecular complexity index is 451. The van der Waals surface area contributed by atoms with Crippen molar-refractivity contribution in [3.8, 4) is 0 Å². The maximum absolute atomic E-state index is 5.63. The van der Waals surface area contributed by atoms with Crippen molar-refractivity contribution in [3.63, 3.8) is 0 Å². The minimum absolute atomic E-state index is 0.709. The Morgan fingerprint density at radius 1 is 1.27 bits per heavy atom. The van der Waals surface area contributed by atoms with Crippen molar-refractivity contribution in [2.75, 3.05) is 5.73 Å². The summed E-state index contributed by atoms with van der Waals surface area (Å²) in [4.78, 5) is 0. The monoisotopic (exact) mass is 201 g/mol. The van der Waals surface area contributed by atoms with Crippen LogP contribution in [0.25, 0.3) is 0 Å². The fraction of sp³-hybridized carbons (Fsp3) is 0.250. The molecule has 0 saturated heterocycles. The normalized spacial score (nSPS) is 10.5. The summed E-state index contributed by atoms with van der Waals surface area (Å²) in [7, 11) is 0. The Labute approximate surface area is 89.5 Å². The number of rotatable bonds is 2. The summed E-state index contributed by atoms with van der Waals surface area (Å²) >= 11 is 0. The molecular formula is C12H15N3. The fourth-order valence-corrected chi connectivity index (χ4v) is 1.73. The first-order valence-corrected chi connectivity index (χ1v) is 5.00. The molecule has 2 N–H and O–H groups in total. The van der Waals surface area contributed by atoms with Crippen LogP contribution in [0, 0.1) is 13.8 Å². The lowest BCUT2D eigenvalue weighted by molar-refractivity contribution is 0.681. The second kappa shape index (κ2) is 3.77. The van der Waals surface area contributed by atoms with Gasteiger partial charge in [0.1, 0.15) is 0 Å². The van der Waals surface area contributed by atoms with E-state index in [2.05, 4.69) is 37.1 Å². The van der Waals surface area contributed by atoms with Crippen LogP contribution in [0.4, 0.5) is 5.69 Å². The Hall–Kier alpha value is -1.77. The Balaban J connectivity index is 2.31. The minimum atomic E-state index is 0.709. The lowest BCUT2D eigenvalue weighted by atomic mass is 10.0. The predicted octanol–water partition coefficient (Wildman–Crippen LogP) is 2.13. The highest BCUT2D eigenvalue weighted by molar-refractivity contribution is 5.35. The summed E-state index contributed by atoms with van der Waals surface area (Å²) in [6, 6.07) is 6.32. The van der Waals surface area contributed by atoms with Crippen LogP contribution >= 0.6 is 0 Å². The Kier molecular flexibility index (Phi) is 2.46. The predicted molar refractivity (Wildman–Crippen MR) is 61.7 cm³/mol. The standard InChI is InChI=1S/C12H15N3/c1-9-4-3-5-10(2)12(9)8-15-7-11(13)6-14-15/h3-7H,8,13H2,1-2H3. The third-order valence-electron chi connectivity index (χ3n) is 2.62. The number of anilines is 1. The lowest BCUT2D eigenvalue weighted by Crippen LogP contribution is -2.03. The summed E-state index contributed by atoms with van der Waals surface area (Å²) in [6.45, 7) is 5.03. The highest BCUT2D eigenvalue weighted by atomic mass is 15.3. The van der Waals surface area contributed by atoms with Gasteiger partial charge in [-0.15, -0.1) is 0 Å². The van der Waals surface area contributed by atoms with Crippen molar-refractivity contribution in [2.45, 2.75) is 20.4 Å². The van der Waals surface area contributed by atoms with Crippen LogP contribution in [0.1, 0.15) is 16.7 Å². The molecule has 0 spiro atoms. The van der Waals surface area contributed by atoms with Gasteiger partial charge in [0.05, 0.1) is 18.4 Å². The largest absolute Gasteiger partial charge is 0.396 e. The van der Waals surface area contributed by atoms with E-state index in [4.69, 9.17) is 5.73 Å². The zero-order chi connectivity index (χ0) is 10.8. The van der Waals surface area contributed by atoms with Crippen LogP contribution in [0.3, 0.4) is 0 Å². The third kappa shape index (κ3) is 2.01. The van der Waals surface area contributed by atoms with Crippen molar-refractivity contribution in [1.82, 2.24) is 9.78 Å². The Morgan fingerprint density at radius 2 is 1.93 bits per heavy atom. The van der Waals surface area contributed by atoms with Gasteiger partial charge >= 0.3 is 0 Å². The van der Waals surface area contributed by atoms with Gasteiger partial charge in [-0.1, -0.05) is 18.2 Å². The number of benzene rings is 1. The summed E-state index contributed by atoms with van der Waals surface area (Å²) in [5, 5.41) is 4.18. The zero-order valence-corrected chi connectivity index (χ0v) is 9.07. The van der Waals surface area contributed by atoms with E-state index in [1.807, 2.05) is 10.9 Å². The number of nitrogen functional groups attached to an aromatic ring is 1. The molecule has 0 amide bonds. The molecule has 1 aromatic heterocycles. The highest BCUT2D eigenvalue weighted by Crippen LogP contribution is 2.14. The minimum Gasteiger partial charge on any atom is -0.396 e. The average Bonchev–Trinajstić information content (AvgIpc) is 2.58. The fourth-order valence-electron chi connectivity index (χ4n) is 1.73. The van der Waals surface area contributed by atoms with Gasteiger partial charge in [-0.3, -0.25) is 4.68 Å². The number of hydrogen-bond donors (Lipinski definition) is 1. The molecule has 3 nitrogen and oxygen atoms in total. The summed E-state index contributed by atoms with van der Waals surface area (Å²) in [5.41, 5.74) is 10.2. The smallest absolute Gasteiger partial charge is 0.0719 e. The number of aromatic nitrogens is 2. The number of aryl methyl sites for hydroxylation is 2. The molecule has 0 aliphatic carbocycles. The van der Waals surface area contributed by atoms with Crippen molar-refractivity contribution in [1.29, 1.82) is 0 Å². The van der Waals surface area contributed by atoms with Gasteiger partial charge in [0.15, 0.2) is 0 Å². The third-order valence-corrected chi connectivity index (χ3v) is 2.62. The molecule has 1 heterocycles. The van der Waals surface area contributed by atoms with Gasteiger partial charge in [-0.25, -0.2) is 0 Å². The first kappa shape index (κ1) is 9.77. The van der Waals surface area contributed by atoms with Crippen LogP contribution in [0.2, 0.25) is 0 Å². The van der Waals surface area contributed by atoms with E-state index in [1.165, 1.54) is 16.7 Å². The van der Waals surface area contributed by atoms with Crippen molar-refractivity contribution >= 4 is 5.69 Å². The molecule has 2 aromatic rings. The van der Waals surface area contributed by atoms with Gasteiger partial charge in [0.2, 0.25) is 0 Å². The second-order valence-electron chi connectivity index (χ2n) is 3.84. The van der Waals surface area contributed by atoms with Gasteiger partial charge < -0.3 is 5.73 Å². The van der Waals surface area contributed by atoms with E-state index < -0.39 is 0 Å². The lowest BCUT2D eigenvalue weighted by Gasteiger charge is -2.09. The molecule has 0 fully saturated rings. The van der Waals surface area contributed by atoms with Gasteiger partial charge in [0.25, 0.3) is 0 Å². The van der Waals surface area contributed by atoms with Crippen LogP contribution in [-0.4, -0.2) is 9.78 Å². The number of nitrogens with zero attached hydrogens (tertiary/aromatic N) is 2. The maximum atomic E-state index is 5.63. The molecule has 1 aromatic carbocycles. The number of nitrogens with two attached hydrogens (primary N) is 1. The molecule has 3 heteroatoms. The van der Waals surface area contributed by atoms with Crippen molar-refractivity contribution in [2.24, 2.45) is 0 Å². The van der Waals surface area contributed by atoms with E-state index in [9.17, 15) is 0 Å². The van der Waals surface area contributed by atoms with Crippen LogP contribution in [0.5, 0.6) is 0 Å². The maximum Gasteiger partial charge on any atom is 0.0719 e. The molecule has 0 unspecified atom stereocenters. The van der Waals surface area contributed by atoms with Gasteiger partial charge in [0, 0.05) is 6.20 Å². The molecule has 15 heavy (non-hydrogen) atoms. The van der Waals surface area contributed by atoms with Crippen LogP contribution in [0.15, 0.2) is 30.6 Å². The topological polar surface area (TPSA) is 43.8 Å². The molecule has 0 radical (unpaired) electrons. The zero-order valence-electron chi connectivity index (χ0n) is 9.07. The van der Waals surface area contributed by atoms with Crippen LogP contribution < -0.4 is 5.73 Å². The number of hydrogen-bond acceptors (Lipinski definition) is 2. The molecule has 78 valence electrons. The SMILES string of the molecule is Cc1cccc(C)c1Cn1cc(N)cn1. The molecule has 0 aliphatic rings. The van der Waals surface area contributed by atoms with Gasteiger partial charge in [-0.2, -0.15) is 5.10 Å². The van der Waals surface area contributed by atoms with E-state index in [0.29, 0.717) is 5.69 Å². The summed E-state index contributed by atoms with van der Waals surface area (Å²) < 4.78 is 1.87.